The maximum atomic E-state index is 13.8. The minimum atomic E-state index is -4.52. The zero-order valence-electron chi connectivity index (χ0n) is 21.3. The SMILES string of the molecule is CC(c1ccc(Cl)cc1Cl)n1cc(C(=O)NC23CC4CC(CC(C4)C2)C3)c(=O)n1-c1ccc(C(F)(F)F)cc1. The number of hydrogen-bond acceptors (Lipinski definition) is 2. The van der Waals surface area contributed by atoms with Gasteiger partial charge in [-0.2, -0.15) is 13.2 Å². The maximum absolute atomic E-state index is 13.8. The predicted octanol–water partition coefficient (Wildman–Crippen LogP) is 7.27. The van der Waals surface area contributed by atoms with Crippen molar-refractivity contribution in [1.29, 1.82) is 0 Å². The van der Waals surface area contributed by atoms with Crippen LogP contribution >= 0.6 is 23.2 Å². The number of aromatic nitrogens is 2. The van der Waals surface area contributed by atoms with Crippen molar-refractivity contribution in [3.8, 4) is 5.69 Å². The molecule has 4 aliphatic carbocycles. The summed E-state index contributed by atoms with van der Waals surface area (Å²) in [5.41, 5.74) is -0.934. The third-order valence-corrected chi connectivity index (χ3v) is 9.39. The van der Waals surface area contributed by atoms with E-state index in [9.17, 15) is 22.8 Å². The molecule has 206 valence electrons. The van der Waals surface area contributed by atoms with Crippen molar-refractivity contribution in [2.75, 3.05) is 0 Å². The van der Waals surface area contributed by atoms with Gasteiger partial charge in [0.05, 0.1) is 17.3 Å². The van der Waals surface area contributed by atoms with Crippen LogP contribution in [0.15, 0.2) is 53.5 Å². The van der Waals surface area contributed by atoms with E-state index in [0.717, 1.165) is 31.4 Å². The molecule has 1 amide bonds. The lowest BCUT2D eigenvalue weighted by Gasteiger charge is -2.56. The van der Waals surface area contributed by atoms with Crippen molar-refractivity contribution in [3.05, 3.63) is 85.8 Å². The average molecular weight is 578 g/mol. The predicted molar refractivity (Wildman–Crippen MR) is 144 cm³/mol. The fourth-order valence-corrected chi connectivity index (χ4v) is 8.07. The van der Waals surface area contributed by atoms with Crippen LogP contribution < -0.4 is 10.9 Å². The number of nitrogens with one attached hydrogen (secondary N) is 1. The Hall–Kier alpha value is -2.71. The first-order valence-electron chi connectivity index (χ1n) is 13.2. The van der Waals surface area contributed by atoms with Crippen LogP contribution in [0.2, 0.25) is 10.0 Å². The minimum Gasteiger partial charge on any atom is -0.346 e. The summed E-state index contributed by atoms with van der Waals surface area (Å²) in [6.45, 7) is 1.80. The minimum absolute atomic E-state index is 0.0532. The van der Waals surface area contributed by atoms with Crippen molar-refractivity contribution in [1.82, 2.24) is 14.7 Å². The number of rotatable bonds is 5. The largest absolute Gasteiger partial charge is 0.416 e. The quantitative estimate of drug-likeness (QED) is 0.346. The van der Waals surface area contributed by atoms with E-state index < -0.39 is 29.2 Å². The molecule has 4 saturated carbocycles. The van der Waals surface area contributed by atoms with Crippen LogP contribution in [0.1, 0.15) is 73.0 Å². The van der Waals surface area contributed by atoms with Gasteiger partial charge in [0.1, 0.15) is 5.56 Å². The van der Waals surface area contributed by atoms with Gasteiger partial charge in [0.2, 0.25) is 0 Å². The lowest BCUT2D eigenvalue weighted by atomic mass is 9.53. The van der Waals surface area contributed by atoms with E-state index in [1.54, 1.807) is 29.8 Å². The number of hydrogen-bond donors (Lipinski definition) is 1. The molecule has 4 fully saturated rings. The Morgan fingerprint density at radius 2 is 1.59 bits per heavy atom. The van der Waals surface area contributed by atoms with E-state index in [1.807, 2.05) is 0 Å². The molecule has 1 unspecified atom stereocenters. The molecule has 5 nitrogen and oxygen atoms in total. The summed E-state index contributed by atoms with van der Waals surface area (Å²) in [5, 5.41) is 4.06. The first-order valence-corrected chi connectivity index (χ1v) is 14.0. The normalized spacial score (nSPS) is 26.6. The number of alkyl halides is 3. The Balaban J connectivity index is 1.41. The highest BCUT2D eigenvalue weighted by molar-refractivity contribution is 6.35. The van der Waals surface area contributed by atoms with Crippen molar-refractivity contribution in [3.63, 3.8) is 0 Å². The first kappa shape index (κ1) is 26.5. The number of halogens is 5. The van der Waals surface area contributed by atoms with E-state index in [2.05, 4.69) is 5.32 Å². The molecule has 1 aromatic heterocycles. The van der Waals surface area contributed by atoms with Crippen LogP contribution in [0.5, 0.6) is 0 Å². The van der Waals surface area contributed by atoms with Gasteiger partial charge in [-0.15, -0.1) is 0 Å². The van der Waals surface area contributed by atoms with Gasteiger partial charge in [0.15, 0.2) is 0 Å². The van der Waals surface area contributed by atoms with Crippen LogP contribution in [-0.2, 0) is 6.18 Å². The number of nitrogens with zero attached hydrogens (tertiary/aromatic N) is 2. The van der Waals surface area contributed by atoms with Crippen molar-refractivity contribution >= 4 is 29.1 Å². The van der Waals surface area contributed by atoms with Crippen LogP contribution in [0.4, 0.5) is 13.2 Å². The highest BCUT2D eigenvalue weighted by Crippen LogP contribution is 2.55. The zero-order chi connectivity index (χ0) is 27.7. The molecule has 0 aliphatic heterocycles. The fourth-order valence-electron chi connectivity index (χ4n) is 7.50. The van der Waals surface area contributed by atoms with E-state index in [0.29, 0.717) is 33.4 Å². The standard InChI is InChI=1S/C29H28Cl2F3N3O2/c1-16(23-7-4-21(30)11-25(23)31)36-15-24(27(39)37(36)22-5-2-20(3-6-22)29(32,33)34)26(38)35-28-12-17-8-18(13-28)10-19(9-17)14-28/h2-7,11,15-19H,8-10,12-14H2,1H3,(H,35,38). The Morgan fingerprint density at radius 1 is 1.00 bits per heavy atom. The van der Waals surface area contributed by atoms with Gasteiger partial charge in [-0.05, 0) is 105 Å². The van der Waals surface area contributed by atoms with Gasteiger partial charge < -0.3 is 5.32 Å². The second-order valence-corrected chi connectivity index (χ2v) is 12.4. The van der Waals surface area contributed by atoms with Crippen molar-refractivity contribution < 1.29 is 18.0 Å². The summed E-state index contributed by atoms with van der Waals surface area (Å²) in [5.74, 6) is 1.38. The molecular formula is C29H28Cl2F3N3O2. The zero-order valence-corrected chi connectivity index (χ0v) is 22.8. The molecule has 0 radical (unpaired) electrons. The Kier molecular flexibility index (Phi) is 6.42. The number of carbonyl (C=O) groups is 1. The summed E-state index contributed by atoms with van der Waals surface area (Å²) >= 11 is 12.5. The molecule has 1 atom stereocenters. The molecule has 1 N–H and O–H groups in total. The van der Waals surface area contributed by atoms with Crippen molar-refractivity contribution in [2.24, 2.45) is 17.8 Å². The second-order valence-electron chi connectivity index (χ2n) is 11.6. The van der Waals surface area contributed by atoms with E-state index in [-0.39, 0.29) is 16.8 Å². The summed E-state index contributed by atoms with van der Waals surface area (Å²) in [4.78, 5) is 27.5. The molecular weight excluding hydrogens is 550 g/mol. The van der Waals surface area contributed by atoms with Gasteiger partial charge >= 0.3 is 6.18 Å². The smallest absolute Gasteiger partial charge is 0.346 e. The highest BCUT2D eigenvalue weighted by atomic mass is 35.5. The second kappa shape index (κ2) is 9.44. The molecule has 1 heterocycles. The van der Waals surface area contributed by atoms with Crippen molar-refractivity contribution in [2.45, 2.75) is 63.2 Å². The van der Waals surface area contributed by atoms with E-state index in [1.165, 1.54) is 42.3 Å². The molecule has 0 saturated heterocycles. The molecule has 3 aromatic rings. The lowest BCUT2D eigenvalue weighted by Crippen LogP contribution is -2.60. The van der Waals surface area contributed by atoms with Crippen LogP contribution in [0.25, 0.3) is 5.69 Å². The summed E-state index contributed by atoms with van der Waals surface area (Å²) < 4.78 is 42.5. The van der Waals surface area contributed by atoms with Gasteiger partial charge in [-0.1, -0.05) is 29.3 Å². The Bertz CT molecular complexity index is 1460. The topological polar surface area (TPSA) is 56.0 Å². The van der Waals surface area contributed by atoms with Gasteiger partial charge in [-0.3, -0.25) is 14.3 Å². The Labute approximate surface area is 233 Å². The summed E-state index contributed by atoms with van der Waals surface area (Å²) in [6, 6.07) is 8.76. The Morgan fingerprint density at radius 3 is 2.13 bits per heavy atom. The van der Waals surface area contributed by atoms with E-state index in [4.69, 9.17) is 23.2 Å². The summed E-state index contributed by atoms with van der Waals surface area (Å²) in [6.07, 6.45) is 3.38. The fraction of sp³-hybridized carbons (Fsp3) is 0.448. The summed E-state index contributed by atoms with van der Waals surface area (Å²) in [7, 11) is 0. The molecule has 39 heavy (non-hydrogen) atoms. The van der Waals surface area contributed by atoms with Gasteiger partial charge in [0, 0.05) is 21.8 Å². The number of carbonyl (C=O) groups excluding carboxylic acids is 1. The molecule has 4 bridgehead atoms. The highest BCUT2D eigenvalue weighted by Gasteiger charge is 2.51. The number of amides is 1. The molecule has 2 aromatic carbocycles. The van der Waals surface area contributed by atoms with Gasteiger partial charge in [-0.25, -0.2) is 4.68 Å². The first-order chi connectivity index (χ1) is 18.4. The average Bonchev–Trinajstić information content (AvgIpc) is 3.19. The van der Waals surface area contributed by atoms with Gasteiger partial charge in [0.25, 0.3) is 11.5 Å². The third kappa shape index (κ3) is 4.80. The monoisotopic (exact) mass is 577 g/mol. The molecule has 10 heteroatoms. The van der Waals surface area contributed by atoms with Crippen LogP contribution in [0.3, 0.4) is 0 Å². The van der Waals surface area contributed by atoms with E-state index >= 15 is 0 Å². The third-order valence-electron chi connectivity index (χ3n) is 8.83. The number of benzene rings is 2. The molecule has 0 spiro atoms. The lowest BCUT2D eigenvalue weighted by molar-refractivity contribution is -0.137. The van der Waals surface area contributed by atoms with Crippen LogP contribution in [0, 0.1) is 17.8 Å². The molecule has 4 aliphatic rings. The molecule has 7 rings (SSSR count). The maximum Gasteiger partial charge on any atom is 0.416 e. The van der Waals surface area contributed by atoms with Crippen LogP contribution in [-0.4, -0.2) is 20.8 Å².